The molecule has 0 saturated carbocycles. The minimum Gasteiger partial charge on any atom is -0.465 e. The van der Waals surface area contributed by atoms with Crippen molar-refractivity contribution in [3.8, 4) is 11.4 Å². The first-order chi connectivity index (χ1) is 8.20. The van der Waals surface area contributed by atoms with Gasteiger partial charge < -0.3 is 10.5 Å². The molecule has 2 heterocycles. The Balaban J connectivity index is 2.29. The fourth-order valence-corrected chi connectivity index (χ4v) is 1.34. The molecule has 5 nitrogen and oxygen atoms in total. The van der Waals surface area contributed by atoms with Gasteiger partial charge in [-0.25, -0.2) is 4.79 Å². The van der Waals surface area contributed by atoms with Crippen LogP contribution in [0.3, 0.4) is 0 Å². The van der Waals surface area contributed by atoms with Crippen molar-refractivity contribution in [1.82, 2.24) is 9.97 Å². The molecular weight excluding hydrogens is 218 g/mol. The van der Waals surface area contributed by atoms with E-state index in [1.54, 1.807) is 30.5 Å². The smallest absolute Gasteiger partial charge is 0.339 e. The number of pyridine rings is 2. The lowest BCUT2D eigenvalue weighted by Crippen LogP contribution is -2.01. The van der Waals surface area contributed by atoms with Gasteiger partial charge in [-0.15, -0.1) is 0 Å². The molecule has 0 saturated heterocycles. The standard InChI is InChI=1S/C12H11N3O2/c1-17-12(16)8-2-4-10(14-6-8)11-5-3-9(13)7-15-11/h2-7H,13H2,1H3. The van der Waals surface area contributed by atoms with Gasteiger partial charge >= 0.3 is 5.97 Å². The molecule has 0 amide bonds. The number of hydrogen-bond acceptors (Lipinski definition) is 5. The minimum absolute atomic E-state index is 0.408. The van der Waals surface area contributed by atoms with Gasteiger partial charge in [-0.3, -0.25) is 9.97 Å². The van der Waals surface area contributed by atoms with Crippen LogP contribution in [0, 0.1) is 0 Å². The molecule has 2 rings (SSSR count). The fraction of sp³-hybridized carbons (Fsp3) is 0.0833. The van der Waals surface area contributed by atoms with Crippen LogP contribution in [0.25, 0.3) is 11.4 Å². The van der Waals surface area contributed by atoms with E-state index in [-0.39, 0.29) is 0 Å². The molecule has 0 aromatic carbocycles. The van der Waals surface area contributed by atoms with E-state index in [2.05, 4.69) is 14.7 Å². The largest absolute Gasteiger partial charge is 0.465 e. The van der Waals surface area contributed by atoms with Crippen molar-refractivity contribution in [3.05, 3.63) is 42.2 Å². The highest BCUT2D eigenvalue weighted by atomic mass is 16.5. The quantitative estimate of drug-likeness (QED) is 0.790. The van der Waals surface area contributed by atoms with Gasteiger partial charge in [0.1, 0.15) is 0 Å². The molecule has 0 spiro atoms. The number of hydrogen-bond donors (Lipinski definition) is 1. The van der Waals surface area contributed by atoms with Crippen LogP contribution in [-0.2, 0) is 4.74 Å². The zero-order valence-electron chi connectivity index (χ0n) is 9.25. The summed E-state index contributed by atoms with van der Waals surface area (Å²) in [4.78, 5) is 19.5. The Morgan fingerprint density at radius 1 is 1.12 bits per heavy atom. The number of carbonyl (C=O) groups is 1. The first kappa shape index (κ1) is 11.1. The topological polar surface area (TPSA) is 78.1 Å². The Hall–Kier alpha value is -2.43. The maximum atomic E-state index is 11.2. The maximum Gasteiger partial charge on any atom is 0.339 e. The van der Waals surface area contributed by atoms with Gasteiger partial charge in [0.15, 0.2) is 0 Å². The van der Waals surface area contributed by atoms with Crippen LogP contribution in [0.2, 0.25) is 0 Å². The molecule has 0 unspecified atom stereocenters. The lowest BCUT2D eigenvalue weighted by Gasteiger charge is -2.02. The highest BCUT2D eigenvalue weighted by Crippen LogP contribution is 2.15. The maximum absolute atomic E-state index is 11.2. The molecular formula is C12H11N3O2. The number of nitrogens with zero attached hydrogens (tertiary/aromatic N) is 2. The number of carbonyl (C=O) groups excluding carboxylic acids is 1. The van der Waals surface area contributed by atoms with Crippen LogP contribution < -0.4 is 5.73 Å². The summed E-state index contributed by atoms with van der Waals surface area (Å²) in [6.45, 7) is 0. The van der Waals surface area contributed by atoms with Gasteiger partial charge in [0.25, 0.3) is 0 Å². The van der Waals surface area contributed by atoms with Gasteiger partial charge in [0, 0.05) is 6.20 Å². The summed E-state index contributed by atoms with van der Waals surface area (Å²) < 4.78 is 4.59. The molecule has 0 atom stereocenters. The Morgan fingerprint density at radius 3 is 2.24 bits per heavy atom. The second-order valence-corrected chi connectivity index (χ2v) is 3.40. The number of anilines is 1. The first-order valence-corrected chi connectivity index (χ1v) is 4.97. The molecule has 0 aliphatic carbocycles. The van der Waals surface area contributed by atoms with Crippen LogP contribution in [0.15, 0.2) is 36.7 Å². The summed E-state index contributed by atoms with van der Waals surface area (Å²) in [5.41, 5.74) is 7.93. The Morgan fingerprint density at radius 2 is 1.76 bits per heavy atom. The number of aromatic nitrogens is 2. The van der Waals surface area contributed by atoms with E-state index in [1.165, 1.54) is 13.3 Å². The van der Waals surface area contributed by atoms with Gasteiger partial charge in [0.05, 0.1) is 35.9 Å². The second kappa shape index (κ2) is 4.61. The highest BCUT2D eigenvalue weighted by Gasteiger charge is 2.06. The zero-order chi connectivity index (χ0) is 12.3. The van der Waals surface area contributed by atoms with Crippen LogP contribution >= 0.6 is 0 Å². The first-order valence-electron chi connectivity index (χ1n) is 4.97. The number of rotatable bonds is 2. The average molecular weight is 229 g/mol. The van der Waals surface area contributed by atoms with E-state index in [0.717, 1.165) is 0 Å². The molecule has 86 valence electrons. The summed E-state index contributed by atoms with van der Waals surface area (Å²) in [6, 6.07) is 6.88. The molecule has 0 fully saturated rings. The van der Waals surface area contributed by atoms with Crippen molar-refractivity contribution in [2.24, 2.45) is 0 Å². The van der Waals surface area contributed by atoms with Crippen LogP contribution in [0.4, 0.5) is 5.69 Å². The zero-order valence-corrected chi connectivity index (χ0v) is 9.25. The predicted octanol–water partition coefficient (Wildman–Crippen LogP) is 1.51. The Kier molecular flexibility index (Phi) is 3.00. The monoisotopic (exact) mass is 229 g/mol. The Labute approximate surface area is 98.3 Å². The fourth-order valence-electron chi connectivity index (χ4n) is 1.34. The minimum atomic E-state index is -0.408. The van der Waals surface area contributed by atoms with E-state index < -0.39 is 5.97 Å². The Bertz CT molecular complexity index is 520. The summed E-state index contributed by atoms with van der Waals surface area (Å²) in [7, 11) is 1.33. The summed E-state index contributed by atoms with van der Waals surface area (Å²) in [6.07, 6.45) is 3.02. The third-order valence-electron chi connectivity index (χ3n) is 2.23. The van der Waals surface area contributed by atoms with Crippen LogP contribution in [0.5, 0.6) is 0 Å². The van der Waals surface area contributed by atoms with E-state index in [0.29, 0.717) is 22.6 Å². The van der Waals surface area contributed by atoms with Gasteiger partial charge in [0.2, 0.25) is 0 Å². The van der Waals surface area contributed by atoms with E-state index in [4.69, 9.17) is 5.73 Å². The van der Waals surface area contributed by atoms with Crippen LogP contribution in [0.1, 0.15) is 10.4 Å². The molecule has 2 aromatic heterocycles. The molecule has 17 heavy (non-hydrogen) atoms. The van der Waals surface area contributed by atoms with Crippen molar-refractivity contribution in [2.75, 3.05) is 12.8 Å². The third-order valence-corrected chi connectivity index (χ3v) is 2.23. The van der Waals surface area contributed by atoms with Crippen LogP contribution in [-0.4, -0.2) is 23.0 Å². The third kappa shape index (κ3) is 2.39. The molecule has 0 radical (unpaired) electrons. The van der Waals surface area contributed by atoms with Crippen molar-refractivity contribution in [3.63, 3.8) is 0 Å². The lowest BCUT2D eigenvalue weighted by atomic mass is 10.2. The summed E-state index contributed by atoms with van der Waals surface area (Å²) in [5, 5.41) is 0. The van der Waals surface area contributed by atoms with E-state index >= 15 is 0 Å². The van der Waals surface area contributed by atoms with Gasteiger partial charge in [-0.05, 0) is 24.3 Å². The number of esters is 1. The number of ether oxygens (including phenoxy) is 1. The van der Waals surface area contributed by atoms with Crippen molar-refractivity contribution in [1.29, 1.82) is 0 Å². The molecule has 2 aromatic rings. The molecule has 0 bridgehead atoms. The van der Waals surface area contributed by atoms with Crippen molar-refractivity contribution in [2.45, 2.75) is 0 Å². The second-order valence-electron chi connectivity index (χ2n) is 3.40. The van der Waals surface area contributed by atoms with E-state index in [1.807, 2.05) is 0 Å². The summed E-state index contributed by atoms with van der Waals surface area (Å²) in [5.74, 6) is -0.408. The summed E-state index contributed by atoms with van der Waals surface area (Å²) >= 11 is 0. The number of nitrogens with two attached hydrogens (primary N) is 1. The average Bonchev–Trinajstić information content (AvgIpc) is 2.39. The van der Waals surface area contributed by atoms with Gasteiger partial charge in [-0.2, -0.15) is 0 Å². The molecule has 2 N–H and O–H groups in total. The number of nitrogen functional groups attached to an aromatic ring is 1. The van der Waals surface area contributed by atoms with Crippen molar-refractivity contribution < 1.29 is 9.53 Å². The van der Waals surface area contributed by atoms with Crippen molar-refractivity contribution >= 4 is 11.7 Å². The molecule has 5 heteroatoms. The molecule has 0 aliphatic heterocycles. The SMILES string of the molecule is COC(=O)c1ccc(-c2ccc(N)cn2)nc1. The predicted molar refractivity (Wildman–Crippen MR) is 63.2 cm³/mol. The van der Waals surface area contributed by atoms with Gasteiger partial charge in [-0.1, -0.05) is 0 Å². The van der Waals surface area contributed by atoms with E-state index in [9.17, 15) is 4.79 Å². The normalized spacial score (nSPS) is 9.94. The number of methoxy groups -OCH3 is 1. The highest BCUT2D eigenvalue weighted by molar-refractivity contribution is 5.89. The lowest BCUT2D eigenvalue weighted by molar-refractivity contribution is 0.0600. The molecule has 0 aliphatic rings.